The zero-order chi connectivity index (χ0) is 19.6. The fourth-order valence-corrected chi connectivity index (χ4v) is 6.01. The molecule has 0 radical (unpaired) electrons. The second-order valence-electron chi connectivity index (χ2n) is 6.33. The van der Waals surface area contributed by atoms with E-state index in [1.807, 2.05) is 6.92 Å². The molecule has 0 saturated carbocycles. The molecule has 1 N–H and O–H groups in total. The summed E-state index contributed by atoms with van der Waals surface area (Å²) < 4.78 is 54.0. The summed E-state index contributed by atoms with van der Waals surface area (Å²) in [5.74, 6) is 1.29. The van der Waals surface area contributed by atoms with Gasteiger partial charge in [0.15, 0.2) is 0 Å². The molecular formula is C14H32NO7S2Si-. The van der Waals surface area contributed by atoms with E-state index >= 15 is 0 Å². The molecule has 0 heterocycles. The van der Waals surface area contributed by atoms with Crippen LogP contribution in [0.2, 0.25) is 6.04 Å². The Hall–Kier alpha value is 0.277. The summed E-state index contributed by atoms with van der Waals surface area (Å²) in [5, 5.41) is 3.16. The van der Waals surface area contributed by atoms with Crippen LogP contribution in [-0.2, 0) is 28.1 Å². The molecule has 152 valence electrons. The van der Waals surface area contributed by atoms with Crippen molar-refractivity contribution in [2.45, 2.75) is 44.9 Å². The maximum absolute atomic E-state index is 10.8. The van der Waals surface area contributed by atoms with Crippen molar-refractivity contribution in [2.24, 2.45) is 0 Å². The molecule has 0 aliphatic heterocycles. The number of hydrogen-bond donors (Lipinski definition) is 1. The van der Waals surface area contributed by atoms with Crippen LogP contribution < -0.4 is 5.32 Å². The smallest absolute Gasteiger partial charge is 0.500 e. The molecule has 8 nitrogen and oxygen atoms in total. The average Bonchev–Trinajstić information content (AvgIpc) is 2.49. The van der Waals surface area contributed by atoms with Gasteiger partial charge in [0, 0.05) is 39.2 Å². The van der Waals surface area contributed by atoms with E-state index < -0.39 is 30.3 Å². The fraction of sp³-hybridized carbons (Fsp3) is 1.00. The number of nitrogens with one attached hydrogen (secondary N) is 1. The third-order valence-corrected chi connectivity index (χ3v) is 8.69. The molecule has 0 aromatic heterocycles. The van der Waals surface area contributed by atoms with Crippen LogP contribution in [0.5, 0.6) is 0 Å². The molecule has 0 fully saturated rings. The highest BCUT2D eigenvalue weighted by atomic mass is 32.2. The third-order valence-electron chi connectivity index (χ3n) is 3.49. The van der Waals surface area contributed by atoms with E-state index in [-0.39, 0.29) is 12.8 Å². The fourth-order valence-electron chi connectivity index (χ4n) is 2.11. The van der Waals surface area contributed by atoms with E-state index in [0.717, 1.165) is 24.0 Å². The molecule has 0 saturated heterocycles. The minimum atomic E-state index is -4.31. The van der Waals surface area contributed by atoms with Crippen LogP contribution in [0.25, 0.3) is 0 Å². The van der Waals surface area contributed by atoms with Crippen LogP contribution in [0.3, 0.4) is 0 Å². The van der Waals surface area contributed by atoms with Crippen LogP contribution in [-0.4, -0.2) is 78.7 Å². The van der Waals surface area contributed by atoms with Crippen molar-refractivity contribution in [2.75, 3.05) is 45.3 Å². The summed E-state index contributed by atoms with van der Waals surface area (Å²) in [6.45, 7) is 5.38. The number of thioether (sulfide) groups is 1. The van der Waals surface area contributed by atoms with Gasteiger partial charge in [-0.25, -0.2) is 8.42 Å². The first-order valence-corrected chi connectivity index (χ1v) is 12.7. The quantitative estimate of drug-likeness (QED) is 0.182. The van der Waals surface area contributed by atoms with Gasteiger partial charge in [0.05, 0.1) is 28.2 Å². The minimum absolute atomic E-state index is 0.192. The van der Waals surface area contributed by atoms with Gasteiger partial charge in [0.2, 0.25) is 0 Å². The Morgan fingerprint density at radius 1 is 1.20 bits per heavy atom. The molecule has 11 heteroatoms. The Morgan fingerprint density at radius 2 is 1.76 bits per heavy atom. The molecule has 0 aliphatic carbocycles. The molecule has 0 spiro atoms. The lowest BCUT2D eigenvalue weighted by Crippen LogP contribution is -2.42. The summed E-state index contributed by atoms with van der Waals surface area (Å²) in [5.41, 5.74) is -1.01. The van der Waals surface area contributed by atoms with Crippen LogP contribution in [0.15, 0.2) is 0 Å². The van der Waals surface area contributed by atoms with Crippen molar-refractivity contribution in [3.8, 4) is 0 Å². The van der Waals surface area contributed by atoms with Gasteiger partial charge in [-0.05, 0) is 32.9 Å². The standard InChI is InChI=1S/C14H33NO7S2Si/c1-13(15-12-22-14(2,3)11-24(16,17)18)10-23-8-7-9-25(19-4,20-5)21-6/h13,15H,7-12H2,1-6H3,(H,16,17,18)/p-1. The van der Waals surface area contributed by atoms with E-state index in [4.69, 9.17) is 18.0 Å². The molecule has 0 rings (SSSR count). The molecule has 25 heavy (non-hydrogen) atoms. The summed E-state index contributed by atoms with van der Waals surface area (Å²) in [7, 11) is -1.96. The van der Waals surface area contributed by atoms with Crippen LogP contribution >= 0.6 is 11.8 Å². The topological polar surface area (TPSA) is 106 Å². The second kappa shape index (κ2) is 11.9. The lowest BCUT2D eigenvalue weighted by molar-refractivity contribution is -0.0140. The highest BCUT2D eigenvalue weighted by molar-refractivity contribution is 7.99. The number of rotatable bonds is 15. The Kier molecular flexibility index (Phi) is 12.0. The Balaban J connectivity index is 3.90. The first kappa shape index (κ1) is 25.3. The maximum Gasteiger partial charge on any atom is 0.500 e. The van der Waals surface area contributed by atoms with E-state index in [9.17, 15) is 13.0 Å². The first-order chi connectivity index (χ1) is 11.5. The van der Waals surface area contributed by atoms with Gasteiger partial charge >= 0.3 is 8.80 Å². The van der Waals surface area contributed by atoms with Gasteiger partial charge in [-0.3, -0.25) is 5.32 Å². The van der Waals surface area contributed by atoms with Crippen molar-refractivity contribution in [1.82, 2.24) is 5.32 Å². The van der Waals surface area contributed by atoms with E-state index in [2.05, 4.69) is 5.32 Å². The molecule has 1 unspecified atom stereocenters. The van der Waals surface area contributed by atoms with Gasteiger partial charge in [-0.1, -0.05) is 0 Å². The summed E-state index contributed by atoms with van der Waals surface area (Å²) >= 11 is 1.79. The monoisotopic (exact) mass is 418 g/mol. The Bertz CT molecular complexity index is 450. The van der Waals surface area contributed by atoms with E-state index in [1.165, 1.54) is 0 Å². The van der Waals surface area contributed by atoms with Crippen LogP contribution in [0.4, 0.5) is 0 Å². The Labute approximate surface area is 157 Å². The molecule has 0 aromatic carbocycles. The molecule has 0 aliphatic rings. The largest absolute Gasteiger partial charge is 0.748 e. The van der Waals surface area contributed by atoms with Gasteiger partial charge < -0.3 is 22.6 Å². The maximum atomic E-state index is 10.8. The van der Waals surface area contributed by atoms with Crippen molar-refractivity contribution in [1.29, 1.82) is 0 Å². The van der Waals surface area contributed by atoms with Gasteiger partial charge in [0.1, 0.15) is 0 Å². The lowest BCUT2D eigenvalue weighted by Gasteiger charge is -2.27. The lowest BCUT2D eigenvalue weighted by atomic mass is 10.2. The van der Waals surface area contributed by atoms with Crippen molar-refractivity contribution in [3.05, 3.63) is 0 Å². The summed E-state index contributed by atoms with van der Waals surface area (Å²) in [4.78, 5) is 0. The molecular weight excluding hydrogens is 386 g/mol. The van der Waals surface area contributed by atoms with E-state index in [0.29, 0.717) is 0 Å². The van der Waals surface area contributed by atoms with E-state index in [1.54, 1.807) is 46.9 Å². The minimum Gasteiger partial charge on any atom is -0.748 e. The SMILES string of the molecule is CO[Si](CCCSCC(C)NCOC(C)(C)CS(=O)(=O)[O-])(OC)OC. The van der Waals surface area contributed by atoms with Gasteiger partial charge in [-0.15, -0.1) is 0 Å². The third kappa shape index (κ3) is 12.3. The molecule has 0 aromatic rings. The molecule has 0 bridgehead atoms. The summed E-state index contributed by atoms with van der Waals surface area (Å²) in [6, 6.07) is 0.964. The normalized spacial score (nSPS) is 14.7. The average molecular weight is 419 g/mol. The zero-order valence-corrected chi connectivity index (χ0v) is 18.6. The highest BCUT2D eigenvalue weighted by Crippen LogP contribution is 2.17. The second-order valence-corrected chi connectivity index (χ2v) is 12.0. The highest BCUT2D eigenvalue weighted by Gasteiger charge is 2.36. The number of hydrogen-bond acceptors (Lipinski definition) is 9. The molecule has 0 amide bonds. The van der Waals surface area contributed by atoms with Gasteiger partial charge in [0.25, 0.3) is 0 Å². The van der Waals surface area contributed by atoms with Crippen molar-refractivity contribution >= 4 is 30.7 Å². The van der Waals surface area contributed by atoms with Gasteiger partial charge in [-0.2, -0.15) is 11.8 Å². The Morgan fingerprint density at radius 3 is 2.24 bits per heavy atom. The van der Waals surface area contributed by atoms with Crippen LogP contribution in [0, 0.1) is 0 Å². The zero-order valence-electron chi connectivity index (χ0n) is 16.0. The van der Waals surface area contributed by atoms with Crippen molar-refractivity contribution in [3.63, 3.8) is 0 Å². The summed E-state index contributed by atoms with van der Waals surface area (Å²) in [6.07, 6.45) is 0.935. The first-order valence-electron chi connectivity index (χ1n) is 8.03. The number of ether oxygens (including phenoxy) is 1. The molecule has 1 atom stereocenters. The van der Waals surface area contributed by atoms with Crippen LogP contribution in [0.1, 0.15) is 27.2 Å². The predicted molar refractivity (Wildman–Crippen MR) is 101 cm³/mol. The predicted octanol–water partition coefficient (Wildman–Crippen LogP) is 1.26. The van der Waals surface area contributed by atoms with Crippen molar-refractivity contribution < 1.29 is 31.0 Å².